The highest BCUT2D eigenvalue weighted by Gasteiger charge is 2.14. The fourth-order valence-electron chi connectivity index (χ4n) is 1.59. The van der Waals surface area contributed by atoms with Gasteiger partial charge >= 0.3 is 0 Å². The number of isocyanates is 1. The monoisotopic (exact) mass is 275 g/mol. The Morgan fingerprint density at radius 1 is 1.16 bits per heavy atom. The van der Waals surface area contributed by atoms with E-state index in [1.54, 1.807) is 0 Å². The molecular formula is C14H7ClFNO2. The molecule has 0 N–H and O–H groups in total. The van der Waals surface area contributed by atoms with Gasteiger partial charge in [-0.15, -0.1) is 0 Å². The molecule has 0 aromatic heterocycles. The quantitative estimate of drug-likeness (QED) is 0.487. The average Bonchev–Trinajstić information content (AvgIpc) is 2.41. The van der Waals surface area contributed by atoms with Crippen LogP contribution < -0.4 is 0 Å². The normalized spacial score (nSPS) is 9.79. The molecule has 94 valence electrons. The number of carbonyl (C=O) groups excluding carboxylic acids is 2. The van der Waals surface area contributed by atoms with Crippen molar-refractivity contribution < 1.29 is 14.0 Å². The van der Waals surface area contributed by atoms with Crippen LogP contribution in [0.3, 0.4) is 0 Å². The molecule has 0 spiro atoms. The highest BCUT2D eigenvalue weighted by atomic mass is 35.5. The van der Waals surface area contributed by atoms with Crippen LogP contribution in [0.15, 0.2) is 47.5 Å². The Labute approximate surface area is 113 Å². The number of ketones is 1. The number of carbonyl (C=O) groups is 1. The molecule has 3 nitrogen and oxygen atoms in total. The molecule has 0 atom stereocenters. The van der Waals surface area contributed by atoms with E-state index in [4.69, 9.17) is 11.6 Å². The molecule has 2 aromatic rings. The molecule has 0 aliphatic rings. The van der Waals surface area contributed by atoms with Gasteiger partial charge < -0.3 is 0 Å². The minimum atomic E-state index is -0.436. The maximum atomic E-state index is 12.8. The third-order valence-electron chi connectivity index (χ3n) is 2.48. The Bertz CT molecular complexity index is 676. The van der Waals surface area contributed by atoms with Gasteiger partial charge in [0.15, 0.2) is 5.78 Å². The lowest BCUT2D eigenvalue weighted by Gasteiger charge is -2.04. The first kappa shape index (κ1) is 13.1. The molecule has 0 bridgehead atoms. The number of rotatable bonds is 3. The first-order chi connectivity index (χ1) is 9.11. The van der Waals surface area contributed by atoms with Crippen molar-refractivity contribution in [1.82, 2.24) is 0 Å². The maximum absolute atomic E-state index is 12.8. The van der Waals surface area contributed by atoms with Crippen molar-refractivity contribution >= 4 is 29.2 Å². The van der Waals surface area contributed by atoms with Crippen molar-refractivity contribution in [3.63, 3.8) is 0 Å². The van der Waals surface area contributed by atoms with Crippen molar-refractivity contribution in [3.05, 3.63) is 64.4 Å². The van der Waals surface area contributed by atoms with Crippen LogP contribution in [0.4, 0.5) is 10.1 Å². The lowest BCUT2D eigenvalue weighted by Crippen LogP contribution is -2.01. The number of aliphatic imine (C=N–C) groups is 1. The zero-order chi connectivity index (χ0) is 13.8. The SMILES string of the molecule is O=C=Nc1ccc(Cl)cc1C(=O)c1ccc(F)cc1. The van der Waals surface area contributed by atoms with E-state index in [-0.39, 0.29) is 16.8 Å². The van der Waals surface area contributed by atoms with Crippen molar-refractivity contribution in [1.29, 1.82) is 0 Å². The Hall–Kier alpha value is -2.29. The van der Waals surface area contributed by atoms with E-state index in [0.717, 1.165) is 0 Å². The highest BCUT2D eigenvalue weighted by molar-refractivity contribution is 6.31. The van der Waals surface area contributed by atoms with E-state index in [9.17, 15) is 14.0 Å². The van der Waals surface area contributed by atoms with E-state index in [0.29, 0.717) is 5.02 Å². The predicted octanol–water partition coefficient (Wildman–Crippen LogP) is 3.68. The van der Waals surface area contributed by atoms with Crippen molar-refractivity contribution in [3.8, 4) is 0 Å². The molecule has 0 aliphatic carbocycles. The van der Waals surface area contributed by atoms with Gasteiger partial charge in [0.1, 0.15) is 5.82 Å². The van der Waals surface area contributed by atoms with Crippen LogP contribution >= 0.6 is 11.6 Å². The van der Waals surface area contributed by atoms with Crippen LogP contribution in [0.5, 0.6) is 0 Å². The first-order valence-corrected chi connectivity index (χ1v) is 5.67. The summed E-state index contributed by atoms with van der Waals surface area (Å²) in [7, 11) is 0. The number of hydrogen-bond acceptors (Lipinski definition) is 3. The van der Waals surface area contributed by atoms with Crippen molar-refractivity contribution in [2.24, 2.45) is 4.99 Å². The first-order valence-electron chi connectivity index (χ1n) is 5.29. The second kappa shape index (κ2) is 5.57. The van der Waals surface area contributed by atoms with Crippen LogP contribution in [-0.2, 0) is 4.79 Å². The molecule has 19 heavy (non-hydrogen) atoms. The molecule has 5 heteroatoms. The molecule has 0 saturated heterocycles. The van der Waals surface area contributed by atoms with Gasteiger partial charge in [-0.3, -0.25) is 4.79 Å². The van der Waals surface area contributed by atoms with Crippen LogP contribution in [0, 0.1) is 5.82 Å². The zero-order valence-electron chi connectivity index (χ0n) is 9.56. The molecule has 2 aromatic carbocycles. The van der Waals surface area contributed by atoms with Gasteiger partial charge in [-0.25, -0.2) is 9.18 Å². The molecule has 0 amide bonds. The molecular weight excluding hydrogens is 269 g/mol. The van der Waals surface area contributed by atoms with Gasteiger partial charge in [0.05, 0.1) is 11.3 Å². The topological polar surface area (TPSA) is 46.5 Å². The summed E-state index contributed by atoms with van der Waals surface area (Å²) in [4.78, 5) is 26.0. The molecule has 2 rings (SSSR count). The zero-order valence-corrected chi connectivity index (χ0v) is 10.3. The largest absolute Gasteiger partial charge is 0.289 e. The van der Waals surface area contributed by atoms with E-state index in [1.807, 2.05) is 0 Å². The van der Waals surface area contributed by atoms with E-state index >= 15 is 0 Å². The van der Waals surface area contributed by atoms with Gasteiger partial charge in [-0.2, -0.15) is 4.99 Å². The molecule has 0 saturated carbocycles. The third-order valence-corrected chi connectivity index (χ3v) is 2.71. The standard InChI is InChI=1S/C14H7ClFNO2/c15-10-3-6-13(17-8-18)12(7-10)14(19)9-1-4-11(16)5-2-9/h1-7H. The van der Waals surface area contributed by atoms with E-state index in [1.165, 1.54) is 48.5 Å². The van der Waals surface area contributed by atoms with Crippen molar-refractivity contribution in [2.75, 3.05) is 0 Å². The minimum Gasteiger partial charge on any atom is -0.289 e. The summed E-state index contributed by atoms with van der Waals surface area (Å²) < 4.78 is 12.8. The summed E-state index contributed by atoms with van der Waals surface area (Å²) in [6.07, 6.45) is 1.38. The molecule has 0 unspecified atom stereocenters. The second-order valence-electron chi connectivity index (χ2n) is 3.70. The summed E-state index contributed by atoms with van der Waals surface area (Å²) in [5.41, 5.74) is 0.627. The lowest BCUT2D eigenvalue weighted by molar-refractivity contribution is 0.103. The third kappa shape index (κ3) is 2.94. The van der Waals surface area contributed by atoms with Gasteiger partial charge in [0, 0.05) is 10.6 Å². The second-order valence-corrected chi connectivity index (χ2v) is 4.14. The Kier molecular flexibility index (Phi) is 3.85. The average molecular weight is 276 g/mol. The van der Waals surface area contributed by atoms with Gasteiger partial charge in [-0.05, 0) is 42.5 Å². The van der Waals surface area contributed by atoms with Crippen LogP contribution in [0.25, 0.3) is 0 Å². The van der Waals surface area contributed by atoms with Crippen LogP contribution in [-0.4, -0.2) is 11.9 Å². The smallest absolute Gasteiger partial charge is 0.240 e. The van der Waals surface area contributed by atoms with Gasteiger partial charge in [0.25, 0.3) is 0 Å². The summed E-state index contributed by atoms with van der Waals surface area (Å²) in [5.74, 6) is -0.828. The number of halogens is 2. The number of benzene rings is 2. The van der Waals surface area contributed by atoms with Crippen LogP contribution in [0.2, 0.25) is 5.02 Å². The fourth-order valence-corrected chi connectivity index (χ4v) is 1.77. The summed E-state index contributed by atoms with van der Waals surface area (Å²) >= 11 is 5.82. The summed E-state index contributed by atoms with van der Waals surface area (Å²) in [6.45, 7) is 0. The van der Waals surface area contributed by atoms with Gasteiger partial charge in [-0.1, -0.05) is 11.6 Å². The summed E-state index contributed by atoms with van der Waals surface area (Å²) in [6, 6.07) is 9.44. The van der Waals surface area contributed by atoms with E-state index in [2.05, 4.69) is 4.99 Å². The Morgan fingerprint density at radius 2 is 1.84 bits per heavy atom. The molecule has 0 aliphatic heterocycles. The minimum absolute atomic E-state index is 0.169. The molecule has 0 fully saturated rings. The maximum Gasteiger partial charge on any atom is 0.240 e. The molecule has 0 radical (unpaired) electrons. The summed E-state index contributed by atoms with van der Waals surface area (Å²) in [5, 5.41) is 0.343. The van der Waals surface area contributed by atoms with Crippen molar-refractivity contribution in [2.45, 2.75) is 0 Å². The predicted molar refractivity (Wildman–Crippen MR) is 69.1 cm³/mol. The Morgan fingerprint density at radius 3 is 2.47 bits per heavy atom. The number of nitrogens with zero attached hydrogens (tertiary/aromatic N) is 1. The van der Waals surface area contributed by atoms with Crippen LogP contribution in [0.1, 0.15) is 15.9 Å². The Balaban J connectivity index is 2.51. The lowest BCUT2D eigenvalue weighted by atomic mass is 10.0. The fraction of sp³-hybridized carbons (Fsp3) is 0. The molecule has 0 heterocycles. The van der Waals surface area contributed by atoms with E-state index < -0.39 is 11.6 Å². The highest BCUT2D eigenvalue weighted by Crippen LogP contribution is 2.25. The van der Waals surface area contributed by atoms with Gasteiger partial charge in [0.2, 0.25) is 6.08 Å². The number of hydrogen-bond donors (Lipinski definition) is 0.